The summed E-state index contributed by atoms with van der Waals surface area (Å²) < 4.78 is 5.27. The third-order valence-electron chi connectivity index (χ3n) is 4.05. The molecule has 1 amide bonds. The third kappa shape index (κ3) is 3.77. The fourth-order valence-corrected chi connectivity index (χ4v) is 2.78. The number of hydrogen-bond donors (Lipinski definition) is 1. The molecule has 1 aromatic carbocycles. The largest absolute Gasteiger partial charge is 0.497 e. The molecule has 2 heterocycles. The molecule has 0 spiro atoms. The zero-order valence-corrected chi connectivity index (χ0v) is 13.1. The zero-order valence-electron chi connectivity index (χ0n) is 13.1. The van der Waals surface area contributed by atoms with Crippen molar-refractivity contribution in [3.8, 4) is 5.75 Å². The van der Waals surface area contributed by atoms with E-state index in [0.29, 0.717) is 18.2 Å². The standard InChI is InChI=1S/C17H20N4O2/c1-23-15-4-2-3-14(9-15)21-8-5-13(12-21)10-20-17(22)16-11-18-6-7-19-16/h2-4,6-7,9,11,13H,5,8,10,12H2,1H3,(H,20,22)/t13-/m1/s1. The zero-order chi connectivity index (χ0) is 16.1. The number of benzene rings is 1. The molecule has 1 N–H and O–H groups in total. The van der Waals surface area contributed by atoms with Crippen LogP contribution >= 0.6 is 0 Å². The van der Waals surface area contributed by atoms with Gasteiger partial charge in [-0.05, 0) is 24.5 Å². The first kappa shape index (κ1) is 15.3. The summed E-state index contributed by atoms with van der Waals surface area (Å²) in [5.74, 6) is 1.13. The lowest BCUT2D eigenvalue weighted by Gasteiger charge is -2.19. The van der Waals surface area contributed by atoms with Gasteiger partial charge in [-0.25, -0.2) is 4.98 Å². The van der Waals surface area contributed by atoms with Gasteiger partial charge in [0.1, 0.15) is 11.4 Å². The van der Waals surface area contributed by atoms with Gasteiger partial charge in [0, 0.05) is 43.8 Å². The molecule has 120 valence electrons. The van der Waals surface area contributed by atoms with Crippen LogP contribution in [0.15, 0.2) is 42.9 Å². The number of carbonyl (C=O) groups excluding carboxylic acids is 1. The van der Waals surface area contributed by atoms with Crippen LogP contribution in [0.1, 0.15) is 16.9 Å². The molecule has 23 heavy (non-hydrogen) atoms. The van der Waals surface area contributed by atoms with E-state index in [1.165, 1.54) is 12.4 Å². The van der Waals surface area contributed by atoms with Crippen molar-refractivity contribution in [1.82, 2.24) is 15.3 Å². The van der Waals surface area contributed by atoms with Crippen molar-refractivity contribution >= 4 is 11.6 Å². The fourth-order valence-electron chi connectivity index (χ4n) is 2.78. The molecule has 1 saturated heterocycles. The fraction of sp³-hybridized carbons (Fsp3) is 0.353. The predicted octanol–water partition coefficient (Wildman–Crippen LogP) is 1.74. The molecule has 0 aliphatic carbocycles. The lowest BCUT2D eigenvalue weighted by atomic mass is 10.1. The summed E-state index contributed by atoms with van der Waals surface area (Å²) in [5, 5.41) is 2.94. The molecule has 0 unspecified atom stereocenters. The Balaban J connectivity index is 1.53. The molecule has 1 fully saturated rings. The van der Waals surface area contributed by atoms with Gasteiger partial charge in [-0.3, -0.25) is 9.78 Å². The minimum absolute atomic E-state index is 0.169. The summed E-state index contributed by atoms with van der Waals surface area (Å²) in [4.78, 5) is 22.2. The monoisotopic (exact) mass is 312 g/mol. The Labute approximate surface area is 135 Å². The van der Waals surface area contributed by atoms with Crippen molar-refractivity contribution < 1.29 is 9.53 Å². The van der Waals surface area contributed by atoms with E-state index in [4.69, 9.17) is 4.74 Å². The Kier molecular flexibility index (Phi) is 4.71. The van der Waals surface area contributed by atoms with Crippen LogP contribution in [0.4, 0.5) is 5.69 Å². The number of ether oxygens (including phenoxy) is 1. The maximum absolute atomic E-state index is 12.0. The Morgan fingerprint density at radius 1 is 1.43 bits per heavy atom. The minimum atomic E-state index is -0.169. The molecule has 1 aromatic heterocycles. The normalized spacial score (nSPS) is 17.1. The first-order valence-electron chi connectivity index (χ1n) is 7.69. The average molecular weight is 312 g/mol. The van der Waals surface area contributed by atoms with E-state index in [1.54, 1.807) is 13.3 Å². The van der Waals surface area contributed by atoms with Crippen LogP contribution in [0, 0.1) is 5.92 Å². The van der Waals surface area contributed by atoms with Crippen molar-refractivity contribution in [2.45, 2.75) is 6.42 Å². The molecular formula is C17H20N4O2. The predicted molar refractivity (Wildman–Crippen MR) is 87.7 cm³/mol. The van der Waals surface area contributed by atoms with Gasteiger partial charge in [0.15, 0.2) is 0 Å². The van der Waals surface area contributed by atoms with Gasteiger partial charge < -0.3 is 15.0 Å². The maximum Gasteiger partial charge on any atom is 0.271 e. The van der Waals surface area contributed by atoms with Crippen LogP contribution in [0.2, 0.25) is 0 Å². The average Bonchev–Trinajstić information content (AvgIpc) is 3.09. The smallest absolute Gasteiger partial charge is 0.271 e. The van der Waals surface area contributed by atoms with Gasteiger partial charge in [0.2, 0.25) is 0 Å². The Hall–Kier alpha value is -2.63. The van der Waals surface area contributed by atoms with E-state index in [2.05, 4.69) is 26.3 Å². The van der Waals surface area contributed by atoms with E-state index in [9.17, 15) is 4.79 Å². The summed E-state index contributed by atoms with van der Waals surface area (Å²) in [6.45, 7) is 2.56. The summed E-state index contributed by atoms with van der Waals surface area (Å²) in [7, 11) is 1.67. The molecule has 1 aliphatic rings. The van der Waals surface area contributed by atoms with Crippen molar-refractivity contribution in [2.75, 3.05) is 31.6 Å². The second kappa shape index (κ2) is 7.09. The highest BCUT2D eigenvalue weighted by Gasteiger charge is 2.23. The SMILES string of the molecule is COc1cccc(N2CC[C@H](CNC(=O)c3cnccn3)C2)c1. The first-order valence-corrected chi connectivity index (χ1v) is 7.69. The maximum atomic E-state index is 12.0. The summed E-state index contributed by atoms with van der Waals surface area (Å²) >= 11 is 0. The summed E-state index contributed by atoms with van der Waals surface area (Å²) in [5.41, 5.74) is 1.52. The highest BCUT2D eigenvalue weighted by atomic mass is 16.5. The van der Waals surface area contributed by atoms with Gasteiger partial charge >= 0.3 is 0 Å². The Bertz CT molecular complexity index is 663. The summed E-state index contributed by atoms with van der Waals surface area (Å²) in [6.07, 6.45) is 5.61. The molecule has 6 nitrogen and oxygen atoms in total. The van der Waals surface area contributed by atoms with Gasteiger partial charge in [0.25, 0.3) is 5.91 Å². The van der Waals surface area contributed by atoms with Crippen molar-refractivity contribution in [3.05, 3.63) is 48.5 Å². The van der Waals surface area contributed by atoms with Crippen LogP contribution < -0.4 is 15.0 Å². The number of aromatic nitrogens is 2. The van der Waals surface area contributed by atoms with Crippen molar-refractivity contribution in [1.29, 1.82) is 0 Å². The molecule has 3 rings (SSSR count). The molecule has 0 radical (unpaired) electrons. The topological polar surface area (TPSA) is 67.3 Å². The van der Waals surface area contributed by atoms with Crippen LogP contribution in [-0.4, -0.2) is 42.6 Å². The van der Waals surface area contributed by atoms with Crippen molar-refractivity contribution in [2.24, 2.45) is 5.92 Å². The van der Waals surface area contributed by atoms with Gasteiger partial charge in [-0.1, -0.05) is 6.07 Å². The quantitative estimate of drug-likeness (QED) is 0.911. The number of carbonyl (C=O) groups is 1. The minimum Gasteiger partial charge on any atom is -0.497 e. The summed E-state index contributed by atoms with van der Waals surface area (Å²) in [6, 6.07) is 8.07. The number of methoxy groups -OCH3 is 1. The number of rotatable bonds is 5. The number of nitrogens with one attached hydrogen (secondary N) is 1. The molecule has 0 bridgehead atoms. The van der Waals surface area contributed by atoms with Gasteiger partial charge in [0.05, 0.1) is 13.3 Å². The van der Waals surface area contributed by atoms with Crippen LogP contribution in [0.25, 0.3) is 0 Å². The lowest BCUT2D eigenvalue weighted by Crippen LogP contribution is -2.31. The highest BCUT2D eigenvalue weighted by molar-refractivity contribution is 5.91. The lowest BCUT2D eigenvalue weighted by molar-refractivity contribution is 0.0943. The van der Waals surface area contributed by atoms with Crippen LogP contribution in [0.5, 0.6) is 5.75 Å². The van der Waals surface area contributed by atoms with Crippen molar-refractivity contribution in [3.63, 3.8) is 0 Å². The highest BCUT2D eigenvalue weighted by Crippen LogP contribution is 2.26. The first-order chi connectivity index (χ1) is 11.3. The van der Waals surface area contributed by atoms with E-state index < -0.39 is 0 Å². The van der Waals surface area contributed by atoms with Gasteiger partial charge in [-0.2, -0.15) is 0 Å². The molecule has 1 atom stereocenters. The number of hydrogen-bond acceptors (Lipinski definition) is 5. The van der Waals surface area contributed by atoms with E-state index in [1.807, 2.05) is 18.2 Å². The number of nitrogens with zero attached hydrogens (tertiary/aromatic N) is 3. The van der Waals surface area contributed by atoms with Crippen LogP contribution in [-0.2, 0) is 0 Å². The van der Waals surface area contributed by atoms with E-state index in [0.717, 1.165) is 30.9 Å². The number of amides is 1. The molecular weight excluding hydrogens is 292 g/mol. The van der Waals surface area contributed by atoms with E-state index in [-0.39, 0.29) is 5.91 Å². The van der Waals surface area contributed by atoms with Gasteiger partial charge in [-0.15, -0.1) is 0 Å². The molecule has 0 saturated carbocycles. The molecule has 1 aliphatic heterocycles. The Morgan fingerprint density at radius 2 is 2.35 bits per heavy atom. The Morgan fingerprint density at radius 3 is 3.13 bits per heavy atom. The second-order valence-electron chi connectivity index (χ2n) is 5.60. The van der Waals surface area contributed by atoms with Crippen LogP contribution in [0.3, 0.4) is 0 Å². The molecule has 2 aromatic rings. The third-order valence-corrected chi connectivity index (χ3v) is 4.05. The molecule has 6 heteroatoms. The number of anilines is 1. The van der Waals surface area contributed by atoms with E-state index >= 15 is 0 Å². The second-order valence-corrected chi connectivity index (χ2v) is 5.60.